The van der Waals surface area contributed by atoms with Crippen LogP contribution < -0.4 is 5.32 Å². The molecule has 0 atom stereocenters. The average Bonchev–Trinajstić information content (AvgIpc) is 3.30. The number of amides is 1. The summed E-state index contributed by atoms with van der Waals surface area (Å²) < 4.78 is 5.42. The monoisotopic (exact) mass is 489 g/mol. The number of para-hydroxylation sites is 1. The van der Waals surface area contributed by atoms with Gasteiger partial charge in [-0.05, 0) is 62.0 Å². The second kappa shape index (κ2) is 10.4. The molecule has 1 saturated heterocycles. The first-order valence-corrected chi connectivity index (χ1v) is 12.4. The number of carbonyl (C=O) groups is 1. The molecule has 1 aliphatic rings. The smallest absolute Gasteiger partial charge is 0.268 e. The van der Waals surface area contributed by atoms with E-state index >= 15 is 0 Å². The maximum atomic E-state index is 13.1. The quantitative estimate of drug-likeness (QED) is 0.372. The molecule has 1 amide bonds. The highest BCUT2D eigenvalue weighted by molar-refractivity contribution is 7.99. The summed E-state index contributed by atoms with van der Waals surface area (Å²) in [7, 11) is 0. The first-order chi connectivity index (χ1) is 17.1. The second-order valence-electron chi connectivity index (χ2n) is 8.13. The van der Waals surface area contributed by atoms with Gasteiger partial charge >= 0.3 is 0 Å². The van der Waals surface area contributed by atoms with Gasteiger partial charge in [0.25, 0.3) is 5.91 Å². The molecule has 0 bridgehead atoms. The molecule has 180 valence electrons. The number of H-pyrrole nitrogens is 1. The molecule has 0 unspecified atom stereocenters. The van der Waals surface area contributed by atoms with Gasteiger partial charge in [0.2, 0.25) is 0 Å². The molecule has 0 spiro atoms. The average molecular weight is 490 g/mol. The zero-order valence-electron chi connectivity index (χ0n) is 19.7. The highest BCUT2D eigenvalue weighted by atomic mass is 32.2. The van der Waals surface area contributed by atoms with Crippen LogP contribution in [0.3, 0.4) is 0 Å². The van der Waals surface area contributed by atoms with Gasteiger partial charge < -0.3 is 10.1 Å². The molecular formula is C25H27N7O2S. The van der Waals surface area contributed by atoms with Crippen molar-refractivity contribution in [3.63, 3.8) is 0 Å². The number of benzene rings is 2. The SMILES string of the molecule is CCN(C(=O)c1ccc(Sc2nc(Nc3cc(C)n[nH]3)c3ccccc3n2)cc1)N1CCOCC1. The third-order valence-corrected chi connectivity index (χ3v) is 6.59. The molecule has 3 heterocycles. The zero-order chi connectivity index (χ0) is 24.2. The van der Waals surface area contributed by atoms with Gasteiger partial charge in [-0.1, -0.05) is 12.1 Å². The third kappa shape index (κ3) is 5.29. The van der Waals surface area contributed by atoms with E-state index in [9.17, 15) is 4.79 Å². The molecule has 2 N–H and O–H groups in total. The van der Waals surface area contributed by atoms with Crippen LogP contribution in [0.15, 0.2) is 64.6 Å². The Kier molecular flexibility index (Phi) is 6.94. The minimum atomic E-state index is -0.00533. The number of aromatic amines is 1. The predicted molar refractivity (Wildman–Crippen MR) is 136 cm³/mol. The van der Waals surface area contributed by atoms with Crippen LogP contribution in [0.1, 0.15) is 23.0 Å². The number of morpholine rings is 1. The fourth-order valence-corrected chi connectivity index (χ4v) is 4.76. The largest absolute Gasteiger partial charge is 0.379 e. The number of anilines is 2. The van der Waals surface area contributed by atoms with Crippen LogP contribution >= 0.6 is 11.8 Å². The highest BCUT2D eigenvalue weighted by Crippen LogP contribution is 2.30. The summed E-state index contributed by atoms with van der Waals surface area (Å²) in [6, 6.07) is 17.4. The van der Waals surface area contributed by atoms with E-state index in [1.807, 2.05) is 68.4 Å². The van der Waals surface area contributed by atoms with Crippen molar-refractivity contribution >= 4 is 40.2 Å². The van der Waals surface area contributed by atoms with Crippen LogP contribution in [0, 0.1) is 6.92 Å². The van der Waals surface area contributed by atoms with Crippen molar-refractivity contribution in [3.8, 4) is 0 Å². The second-order valence-corrected chi connectivity index (χ2v) is 9.17. The maximum absolute atomic E-state index is 13.1. The lowest BCUT2D eigenvalue weighted by atomic mass is 10.2. The summed E-state index contributed by atoms with van der Waals surface area (Å²) in [6.45, 7) is 7.26. The Morgan fingerprint density at radius 3 is 2.63 bits per heavy atom. The van der Waals surface area contributed by atoms with Crippen LogP contribution in [0.4, 0.5) is 11.6 Å². The van der Waals surface area contributed by atoms with Crippen LogP contribution in [0.2, 0.25) is 0 Å². The molecule has 2 aromatic heterocycles. The minimum absolute atomic E-state index is 0.00533. The molecular weight excluding hydrogens is 462 g/mol. The fourth-order valence-electron chi connectivity index (χ4n) is 4.00. The topological polar surface area (TPSA) is 99.3 Å². The summed E-state index contributed by atoms with van der Waals surface area (Å²) in [5.74, 6) is 1.47. The zero-order valence-corrected chi connectivity index (χ0v) is 20.5. The number of carbonyl (C=O) groups excluding carboxylic acids is 1. The molecule has 9 nitrogen and oxygen atoms in total. The molecule has 1 fully saturated rings. The molecule has 4 aromatic rings. The van der Waals surface area contributed by atoms with Crippen molar-refractivity contribution in [2.45, 2.75) is 23.9 Å². The molecule has 0 saturated carbocycles. The summed E-state index contributed by atoms with van der Waals surface area (Å²) in [5, 5.41) is 15.9. The lowest BCUT2D eigenvalue weighted by Gasteiger charge is -2.36. The number of ether oxygens (including phenoxy) is 1. The number of hydrazine groups is 1. The number of nitrogens with zero attached hydrogens (tertiary/aromatic N) is 5. The number of fused-ring (bicyclic) bond motifs is 1. The third-order valence-electron chi connectivity index (χ3n) is 5.71. The van der Waals surface area contributed by atoms with Gasteiger partial charge in [-0.25, -0.2) is 15.0 Å². The number of hydrogen-bond donors (Lipinski definition) is 2. The Morgan fingerprint density at radius 2 is 1.91 bits per heavy atom. The predicted octanol–water partition coefficient (Wildman–Crippen LogP) is 4.27. The number of nitrogens with one attached hydrogen (secondary N) is 2. The van der Waals surface area contributed by atoms with Gasteiger partial charge in [-0.3, -0.25) is 14.9 Å². The molecule has 0 aliphatic carbocycles. The highest BCUT2D eigenvalue weighted by Gasteiger charge is 2.23. The summed E-state index contributed by atoms with van der Waals surface area (Å²) in [4.78, 5) is 23.6. The lowest BCUT2D eigenvalue weighted by Crippen LogP contribution is -2.51. The summed E-state index contributed by atoms with van der Waals surface area (Å²) >= 11 is 1.46. The fraction of sp³-hybridized carbons (Fsp3) is 0.280. The first-order valence-electron chi connectivity index (χ1n) is 11.6. The van der Waals surface area contributed by atoms with E-state index in [0.29, 0.717) is 36.3 Å². The van der Waals surface area contributed by atoms with E-state index < -0.39 is 0 Å². The molecule has 1 aliphatic heterocycles. The van der Waals surface area contributed by atoms with E-state index in [4.69, 9.17) is 14.7 Å². The summed E-state index contributed by atoms with van der Waals surface area (Å²) in [5.41, 5.74) is 2.39. The van der Waals surface area contributed by atoms with E-state index in [-0.39, 0.29) is 5.91 Å². The van der Waals surface area contributed by atoms with Crippen molar-refractivity contribution in [1.29, 1.82) is 0 Å². The van der Waals surface area contributed by atoms with Crippen LogP contribution in [-0.2, 0) is 4.74 Å². The molecule has 5 rings (SSSR count). The van der Waals surface area contributed by atoms with E-state index in [0.717, 1.165) is 40.4 Å². The summed E-state index contributed by atoms with van der Waals surface area (Å²) in [6.07, 6.45) is 0. The number of hydrogen-bond acceptors (Lipinski definition) is 8. The number of rotatable bonds is 7. The number of aromatic nitrogens is 4. The van der Waals surface area contributed by atoms with Crippen LogP contribution in [0.25, 0.3) is 10.9 Å². The standard InChI is InChI=1S/C25H27N7O2S/c1-3-32(31-12-14-34-15-13-31)24(33)18-8-10-19(11-9-18)35-25-26-21-7-5-4-6-20(21)23(28-25)27-22-16-17(2)29-30-22/h4-11,16H,3,12-15H2,1-2H3,(H2,26,27,28,29,30). The van der Waals surface area contributed by atoms with Crippen molar-refractivity contribution in [3.05, 3.63) is 65.9 Å². The first kappa shape index (κ1) is 23.3. The lowest BCUT2D eigenvalue weighted by molar-refractivity contribution is -0.0675. The van der Waals surface area contributed by atoms with Crippen LogP contribution in [0.5, 0.6) is 0 Å². The molecule has 2 aromatic carbocycles. The Morgan fingerprint density at radius 1 is 1.14 bits per heavy atom. The maximum Gasteiger partial charge on any atom is 0.268 e. The molecule has 35 heavy (non-hydrogen) atoms. The van der Waals surface area contributed by atoms with Gasteiger partial charge in [0.15, 0.2) is 5.16 Å². The van der Waals surface area contributed by atoms with Gasteiger partial charge in [-0.2, -0.15) is 5.10 Å². The van der Waals surface area contributed by atoms with Gasteiger partial charge in [0.1, 0.15) is 11.6 Å². The van der Waals surface area contributed by atoms with Gasteiger partial charge in [0, 0.05) is 41.5 Å². The van der Waals surface area contributed by atoms with Gasteiger partial charge in [-0.15, -0.1) is 0 Å². The normalized spacial score (nSPS) is 14.2. The molecule has 10 heteroatoms. The Labute approximate surface area is 207 Å². The minimum Gasteiger partial charge on any atom is -0.379 e. The van der Waals surface area contributed by atoms with Crippen molar-refractivity contribution in [2.24, 2.45) is 0 Å². The van der Waals surface area contributed by atoms with Gasteiger partial charge in [0.05, 0.1) is 24.4 Å². The Hall–Kier alpha value is -3.47. The Balaban J connectivity index is 1.35. The molecule has 0 radical (unpaired) electrons. The van der Waals surface area contributed by atoms with E-state index in [2.05, 4.69) is 20.5 Å². The van der Waals surface area contributed by atoms with E-state index in [1.54, 1.807) is 5.01 Å². The van der Waals surface area contributed by atoms with Crippen molar-refractivity contribution < 1.29 is 9.53 Å². The van der Waals surface area contributed by atoms with Crippen molar-refractivity contribution in [1.82, 2.24) is 30.2 Å². The Bertz CT molecular complexity index is 1320. The van der Waals surface area contributed by atoms with Crippen LogP contribution in [-0.4, -0.2) is 68.9 Å². The van der Waals surface area contributed by atoms with Crippen molar-refractivity contribution in [2.75, 3.05) is 38.2 Å². The van der Waals surface area contributed by atoms with E-state index in [1.165, 1.54) is 11.8 Å². The number of aryl methyl sites for hydroxylation is 1.